The molecule has 0 amide bonds. The summed E-state index contributed by atoms with van der Waals surface area (Å²) in [5.41, 5.74) is 1.96. The van der Waals surface area contributed by atoms with Crippen molar-refractivity contribution < 1.29 is 5.11 Å². The summed E-state index contributed by atoms with van der Waals surface area (Å²) in [5, 5.41) is 13.6. The van der Waals surface area contributed by atoms with Crippen LogP contribution in [0.4, 0.5) is 0 Å². The van der Waals surface area contributed by atoms with E-state index in [4.69, 9.17) is 0 Å². The number of benzene rings is 1. The number of phenolic OH excluding ortho intramolecular Hbond substituents is 1. The fraction of sp³-hybridized carbons (Fsp3) is 0.625. The highest BCUT2D eigenvalue weighted by Crippen LogP contribution is 2.38. The number of thioether (sulfide) groups is 1. The average molecular weight is 279 g/mol. The second kappa shape index (κ2) is 6.67. The van der Waals surface area contributed by atoms with Crippen LogP contribution in [-0.4, -0.2) is 22.7 Å². The van der Waals surface area contributed by atoms with Crippen molar-refractivity contribution in [2.45, 2.75) is 50.3 Å². The lowest BCUT2D eigenvalue weighted by atomic mass is 9.88. The summed E-state index contributed by atoms with van der Waals surface area (Å²) in [6, 6.07) is 5.96. The lowest BCUT2D eigenvalue weighted by Crippen LogP contribution is -2.39. The van der Waals surface area contributed by atoms with Crippen LogP contribution in [0.15, 0.2) is 18.2 Å². The summed E-state index contributed by atoms with van der Waals surface area (Å²) in [7, 11) is 0. The first-order valence-electron chi connectivity index (χ1n) is 7.20. The maximum atomic E-state index is 10.0. The number of aromatic hydroxyl groups is 1. The molecule has 1 aliphatic rings. The van der Waals surface area contributed by atoms with Crippen molar-refractivity contribution in [3.05, 3.63) is 29.3 Å². The Labute approximate surface area is 121 Å². The van der Waals surface area contributed by atoms with Gasteiger partial charge in [0.2, 0.25) is 0 Å². The molecule has 0 unspecified atom stereocenters. The molecule has 0 radical (unpaired) electrons. The molecule has 1 saturated carbocycles. The van der Waals surface area contributed by atoms with Crippen LogP contribution < -0.4 is 5.32 Å². The topological polar surface area (TPSA) is 32.3 Å². The molecule has 0 aromatic heterocycles. The molecule has 106 valence electrons. The Balaban J connectivity index is 1.90. The molecule has 0 atom stereocenters. The predicted molar refractivity (Wildman–Crippen MR) is 83.9 cm³/mol. The Kier molecular flexibility index (Phi) is 5.17. The minimum absolute atomic E-state index is 0.414. The minimum Gasteiger partial charge on any atom is -0.507 e. The van der Waals surface area contributed by atoms with Gasteiger partial charge in [-0.05, 0) is 31.6 Å². The number of phenols is 1. The highest BCUT2D eigenvalue weighted by molar-refractivity contribution is 8.00. The molecule has 0 bridgehead atoms. The Hall–Kier alpha value is -0.670. The Morgan fingerprint density at radius 2 is 2.00 bits per heavy atom. The van der Waals surface area contributed by atoms with E-state index in [1.165, 1.54) is 32.1 Å². The van der Waals surface area contributed by atoms with Crippen LogP contribution in [0.2, 0.25) is 0 Å². The van der Waals surface area contributed by atoms with E-state index in [0.29, 0.717) is 10.5 Å². The van der Waals surface area contributed by atoms with E-state index in [2.05, 4.69) is 11.6 Å². The van der Waals surface area contributed by atoms with Crippen LogP contribution in [-0.2, 0) is 6.54 Å². The van der Waals surface area contributed by atoms with Crippen LogP contribution in [0.3, 0.4) is 0 Å². The molecule has 0 aliphatic heterocycles. The normalized spacial score (nSPS) is 18.4. The van der Waals surface area contributed by atoms with Crippen molar-refractivity contribution in [2.75, 3.05) is 12.8 Å². The summed E-state index contributed by atoms with van der Waals surface area (Å²) in [6.07, 6.45) is 8.98. The first-order valence-corrected chi connectivity index (χ1v) is 8.43. The highest BCUT2D eigenvalue weighted by Gasteiger charge is 2.30. The molecule has 0 spiro atoms. The van der Waals surface area contributed by atoms with Crippen LogP contribution in [0.5, 0.6) is 5.75 Å². The molecule has 2 nitrogen and oxygen atoms in total. The van der Waals surface area contributed by atoms with Gasteiger partial charge in [0.05, 0.1) is 0 Å². The molecule has 0 saturated heterocycles. The first-order chi connectivity index (χ1) is 9.17. The summed E-state index contributed by atoms with van der Waals surface area (Å²) < 4.78 is 0.414. The van der Waals surface area contributed by atoms with Gasteiger partial charge in [-0.15, -0.1) is 0 Å². The number of rotatable bonds is 5. The van der Waals surface area contributed by atoms with Crippen LogP contribution >= 0.6 is 11.8 Å². The van der Waals surface area contributed by atoms with Crippen LogP contribution in [0.1, 0.15) is 43.2 Å². The van der Waals surface area contributed by atoms with Gasteiger partial charge in [0.1, 0.15) is 5.75 Å². The number of nitrogens with one attached hydrogen (secondary N) is 1. The minimum atomic E-state index is 0.414. The van der Waals surface area contributed by atoms with Gasteiger partial charge in [-0.1, -0.05) is 37.5 Å². The molecule has 2 N–H and O–H groups in total. The van der Waals surface area contributed by atoms with Crippen molar-refractivity contribution in [2.24, 2.45) is 0 Å². The van der Waals surface area contributed by atoms with E-state index in [0.717, 1.165) is 24.2 Å². The van der Waals surface area contributed by atoms with Gasteiger partial charge < -0.3 is 10.4 Å². The number of hydrogen-bond donors (Lipinski definition) is 2. The van der Waals surface area contributed by atoms with Gasteiger partial charge in [-0.25, -0.2) is 0 Å². The van der Waals surface area contributed by atoms with E-state index in [9.17, 15) is 5.11 Å². The van der Waals surface area contributed by atoms with Crippen molar-refractivity contribution in [3.8, 4) is 5.75 Å². The monoisotopic (exact) mass is 279 g/mol. The number of hydrogen-bond acceptors (Lipinski definition) is 3. The van der Waals surface area contributed by atoms with Crippen LogP contribution in [0, 0.1) is 6.92 Å². The van der Waals surface area contributed by atoms with Gasteiger partial charge in [-0.2, -0.15) is 11.8 Å². The van der Waals surface area contributed by atoms with Crippen molar-refractivity contribution in [1.29, 1.82) is 0 Å². The molecule has 1 fully saturated rings. The third-order valence-corrected chi connectivity index (χ3v) is 5.70. The van der Waals surface area contributed by atoms with Gasteiger partial charge in [-0.3, -0.25) is 0 Å². The molecule has 19 heavy (non-hydrogen) atoms. The molecule has 1 aromatic rings. The maximum absolute atomic E-state index is 10.0. The second-order valence-corrected chi connectivity index (χ2v) is 6.91. The summed E-state index contributed by atoms with van der Waals surface area (Å²) in [6.45, 7) is 3.75. The maximum Gasteiger partial charge on any atom is 0.122 e. The Morgan fingerprint density at radius 1 is 1.26 bits per heavy atom. The first kappa shape index (κ1) is 14.7. The summed E-state index contributed by atoms with van der Waals surface area (Å²) in [4.78, 5) is 0. The molecule has 1 aromatic carbocycles. The molecule has 1 aliphatic carbocycles. The third-order valence-electron chi connectivity index (χ3n) is 4.28. The molecular weight excluding hydrogens is 254 g/mol. The lowest BCUT2D eigenvalue weighted by Gasteiger charge is -2.36. The van der Waals surface area contributed by atoms with Gasteiger partial charge in [0, 0.05) is 23.4 Å². The summed E-state index contributed by atoms with van der Waals surface area (Å²) >= 11 is 2.01. The predicted octanol–water partition coefficient (Wildman–Crippen LogP) is 3.86. The molecule has 2 rings (SSSR count). The third kappa shape index (κ3) is 3.67. The summed E-state index contributed by atoms with van der Waals surface area (Å²) in [5.74, 6) is 0.442. The second-order valence-electron chi connectivity index (χ2n) is 5.63. The van der Waals surface area contributed by atoms with E-state index in [1.807, 2.05) is 36.9 Å². The van der Waals surface area contributed by atoms with Crippen LogP contribution in [0.25, 0.3) is 0 Å². The zero-order valence-electron chi connectivity index (χ0n) is 12.0. The fourth-order valence-corrected chi connectivity index (χ4v) is 3.88. The Bertz CT molecular complexity index is 413. The standard InChI is InChI=1S/C16H25NOS/c1-13-7-6-8-14(15(13)18)11-17-12-16(19-2)9-4-3-5-10-16/h6-8,17-18H,3-5,9-12H2,1-2H3. The quantitative estimate of drug-likeness (QED) is 0.858. The van der Waals surface area contributed by atoms with Gasteiger partial charge in [0.15, 0.2) is 0 Å². The zero-order chi connectivity index (χ0) is 13.7. The van der Waals surface area contributed by atoms with E-state index < -0.39 is 0 Å². The zero-order valence-corrected chi connectivity index (χ0v) is 12.9. The lowest BCUT2D eigenvalue weighted by molar-refractivity contribution is 0.377. The molecule has 0 heterocycles. The van der Waals surface area contributed by atoms with Gasteiger partial charge >= 0.3 is 0 Å². The SMILES string of the molecule is CSC1(CNCc2cccc(C)c2O)CCCCC1. The van der Waals surface area contributed by atoms with Crippen molar-refractivity contribution in [3.63, 3.8) is 0 Å². The van der Waals surface area contributed by atoms with E-state index >= 15 is 0 Å². The largest absolute Gasteiger partial charge is 0.507 e. The molecular formula is C16H25NOS. The van der Waals surface area contributed by atoms with E-state index in [1.54, 1.807) is 0 Å². The smallest absolute Gasteiger partial charge is 0.122 e. The van der Waals surface area contributed by atoms with E-state index in [-0.39, 0.29) is 0 Å². The Morgan fingerprint density at radius 3 is 2.68 bits per heavy atom. The fourth-order valence-electron chi connectivity index (χ4n) is 2.94. The average Bonchev–Trinajstić information content (AvgIpc) is 2.44. The number of aryl methyl sites for hydroxylation is 1. The molecule has 3 heteroatoms. The van der Waals surface area contributed by atoms with Gasteiger partial charge in [0.25, 0.3) is 0 Å². The number of para-hydroxylation sites is 1. The van der Waals surface area contributed by atoms with Crippen molar-refractivity contribution >= 4 is 11.8 Å². The van der Waals surface area contributed by atoms with Crippen molar-refractivity contribution in [1.82, 2.24) is 5.32 Å². The highest BCUT2D eigenvalue weighted by atomic mass is 32.2.